The van der Waals surface area contributed by atoms with Crippen LogP contribution < -0.4 is 5.32 Å². The lowest BCUT2D eigenvalue weighted by Crippen LogP contribution is -2.63. The molecule has 2 aliphatic rings. The summed E-state index contributed by atoms with van der Waals surface area (Å²) in [6.07, 6.45) is -0.0485. The summed E-state index contributed by atoms with van der Waals surface area (Å²) in [5.74, 6) is -1.05. The number of aliphatic imine (C=N–C) groups is 1. The van der Waals surface area contributed by atoms with E-state index in [9.17, 15) is 17.6 Å². The number of benzene rings is 1. The van der Waals surface area contributed by atoms with Gasteiger partial charge in [-0.15, -0.1) is 0 Å². The van der Waals surface area contributed by atoms with Gasteiger partial charge in [-0.25, -0.2) is 17.6 Å². The van der Waals surface area contributed by atoms with Crippen LogP contribution in [0.1, 0.15) is 31.7 Å². The van der Waals surface area contributed by atoms with Gasteiger partial charge in [0.25, 0.3) is 0 Å². The SMILES string of the molecule is CC1(c2cc(Br)ccc2F)CS(=O)(=O)C2(CCC2)C(NC(=O)O)=N1. The number of nitrogens with one attached hydrogen (secondary N) is 1. The highest BCUT2D eigenvalue weighted by Gasteiger charge is 2.59. The Morgan fingerprint density at radius 3 is 2.62 bits per heavy atom. The molecule has 1 spiro atoms. The molecule has 1 aliphatic heterocycles. The fourth-order valence-electron chi connectivity index (χ4n) is 3.37. The van der Waals surface area contributed by atoms with Crippen molar-refractivity contribution in [3.05, 3.63) is 34.1 Å². The molecule has 130 valence electrons. The van der Waals surface area contributed by atoms with E-state index < -0.39 is 32.0 Å². The fourth-order valence-corrected chi connectivity index (χ4v) is 6.27. The van der Waals surface area contributed by atoms with Crippen LogP contribution in [0.5, 0.6) is 0 Å². The second-order valence-electron chi connectivity index (χ2n) is 6.40. The van der Waals surface area contributed by atoms with Gasteiger partial charge >= 0.3 is 6.09 Å². The van der Waals surface area contributed by atoms with Gasteiger partial charge in [0.15, 0.2) is 9.84 Å². The normalized spacial score (nSPS) is 27.2. The van der Waals surface area contributed by atoms with E-state index in [4.69, 9.17) is 5.11 Å². The minimum Gasteiger partial charge on any atom is -0.465 e. The number of hydrogen-bond donors (Lipinski definition) is 2. The summed E-state index contributed by atoms with van der Waals surface area (Å²) in [5, 5.41) is 11.2. The van der Waals surface area contributed by atoms with E-state index in [1.807, 2.05) is 0 Å². The number of rotatable bonds is 1. The van der Waals surface area contributed by atoms with E-state index in [-0.39, 0.29) is 17.2 Å². The standard InChI is InChI=1S/C15H16BrFN2O4S/c1-14(10-7-9(16)3-4-11(10)17)8-24(22,23)15(5-2-6-15)12(19-14)18-13(20)21/h3-4,7H,2,5-6,8H2,1H3,(H,18,19)(H,20,21). The predicted octanol–water partition coefficient (Wildman–Crippen LogP) is 2.82. The summed E-state index contributed by atoms with van der Waals surface area (Å²) in [7, 11) is -3.71. The first kappa shape index (κ1) is 17.3. The highest BCUT2D eigenvalue weighted by molar-refractivity contribution is 9.10. The predicted molar refractivity (Wildman–Crippen MR) is 90.4 cm³/mol. The molecule has 1 aromatic rings. The molecule has 2 N–H and O–H groups in total. The molecule has 3 rings (SSSR count). The van der Waals surface area contributed by atoms with Crippen LogP contribution >= 0.6 is 15.9 Å². The first-order valence-corrected chi connectivity index (χ1v) is 9.82. The molecule has 1 saturated carbocycles. The highest BCUT2D eigenvalue weighted by Crippen LogP contribution is 2.47. The maximum absolute atomic E-state index is 14.3. The Labute approximate surface area is 147 Å². The molecule has 0 radical (unpaired) electrons. The van der Waals surface area contributed by atoms with Crippen LogP contribution in [-0.2, 0) is 15.4 Å². The molecule has 1 amide bonds. The van der Waals surface area contributed by atoms with Gasteiger partial charge in [-0.05, 0) is 44.4 Å². The molecule has 0 bridgehead atoms. The van der Waals surface area contributed by atoms with E-state index >= 15 is 0 Å². The van der Waals surface area contributed by atoms with Crippen LogP contribution in [-0.4, -0.2) is 36.0 Å². The van der Waals surface area contributed by atoms with Crippen molar-refractivity contribution in [2.45, 2.75) is 36.5 Å². The summed E-state index contributed by atoms with van der Waals surface area (Å²) in [6.45, 7) is 1.50. The van der Waals surface area contributed by atoms with Crippen molar-refractivity contribution >= 4 is 37.7 Å². The number of amidine groups is 1. The molecule has 9 heteroatoms. The van der Waals surface area contributed by atoms with Crippen LogP contribution in [0.2, 0.25) is 0 Å². The maximum Gasteiger partial charge on any atom is 0.410 e. The third-order valence-corrected chi connectivity index (χ3v) is 7.98. The Balaban J connectivity index is 2.20. The lowest BCUT2D eigenvalue weighted by Gasteiger charge is -2.47. The zero-order valence-electron chi connectivity index (χ0n) is 12.8. The number of hydrogen-bond acceptors (Lipinski definition) is 4. The first-order chi connectivity index (χ1) is 11.1. The van der Waals surface area contributed by atoms with Gasteiger partial charge in [-0.1, -0.05) is 15.9 Å². The van der Waals surface area contributed by atoms with E-state index in [0.717, 1.165) is 0 Å². The lowest BCUT2D eigenvalue weighted by molar-refractivity contribution is 0.199. The van der Waals surface area contributed by atoms with Crippen LogP contribution in [0.25, 0.3) is 0 Å². The molecule has 0 saturated heterocycles. The number of amides is 1. The third-order valence-electron chi connectivity index (χ3n) is 4.75. The molecule has 1 atom stereocenters. The summed E-state index contributed by atoms with van der Waals surface area (Å²) in [4.78, 5) is 15.5. The van der Waals surface area contributed by atoms with Crippen LogP contribution in [0, 0.1) is 5.82 Å². The second-order valence-corrected chi connectivity index (χ2v) is 9.61. The minimum atomic E-state index is -3.71. The molecule has 1 unspecified atom stereocenters. The Hall–Kier alpha value is -1.48. The van der Waals surface area contributed by atoms with E-state index in [1.165, 1.54) is 25.1 Å². The lowest BCUT2D eigenvalue weighted by atomic mass is 9.82. The topological polar surface area (TPSA) is 95.8 Å². The summed E-state index contributed by atoms with van der Waals surface area (Å²) < 4.78 is 39.4. The molecular weight excluding hydrogens is 403 g/mol. The molecule has 6 nitrogen and oxygen atoms in total. The number of carboxylic acid groups (broad SMARTS) is 1. The number of carbonyl (C=O) groups is 1. The molecule has 1 heterocycles. The molecule has 0 aromatic heterocycles. The highest BCUT2D eigenvalue weighted by atomic mass is 79.9. The average Bonchev–Trinajstić information content (AvgIpc) is 2.37. The smallest absolute Gasteiger partial charge is 0.410 e. The fraction of sp³-hybridized carbons (Fsp3) is 0.467. The van der Waals surface area contributed by atoms with E-state index in [1.54, 1.807) is 0 Å². The van der Waals surface area contributed by atoms with E-state index in [0.29, 0.717) is 23.7 Å². The van der Waals surface area contributed by atoms with Crippen molar-refractivity contribution in [2.24, 2.45) is 4.99 Å². The second kappa shape index (κ2) is 5.52. The van der Waals surface area contributed by atoms with Crippen molar-refractivity contribution in [2.75, 3.05) is 5.75 Å². The quantitative estimate of drug-likeness (QED) is 0.732. The van der Waals surface area contributed by atoms with Gasteiger partial charge in [0.2, 0.25) is 0 Å². The Morgan fingerprint density at radius 2 is 2.08 bits per heavy atom. The number of sulfone groups is 1. The largest absolute Gasteiger partial charge is 0.465 e. The Morgan fingerprint density at radius 1 is 1.42 bits per heavy atom. The number of nitrogens with zero attached hydrogens (tertiary/aromatic N) is 1. The van der Waals surface area contributed by atoms with Gasteiger partial charge in [0.05, 0.1) is 5.75 Å². The monoisotopic (exact) mass is 418 g/mol. The molecular formula is C15H16BrFN2O4S. The van der Waals surface area contributed by atoms with Crippen LogP contribution in [0.4, 0.5) is 9.18 Å². The maximum atomic E-state index is 14.3. The van der Waals surface area contributed by atoms with Crippen molar-refractivity contribution < 1.29 is 22.7 Å². The van der Waals surface area contributed by atoms with Crippen molar-refractivity contribution in [1.82, 2.24) is 5.32 Å². The molecule has 24 heavy (non-hydrogen) atoms. The van der Waals surface area contributed by atoms with Gasteiger partial charge < -0.3 is 5.11 Å². The summed E-state index contributed by atoms with van der Waals surface area (Å²) in [6, 6.07) is 4.21. The minimum absolute atomic E-state index is 0.102. The Bertz CT molecular complexity index is 851. The van der Waals surface area contributed by atoms with Gasteiger partial charge in [0, 0.05) is 10.0 Å². The van der Waals surface area contributed by atoms with Gasteiger partial charge in [0.1, 0.15) is 21.9 Å². The average molecular weight is 419 g/mol. The zero-order chi connectivity index (χ0) is 17.8. The van der Waals surface area contributed by atoms with Gasteiger partial charge in [-0.2, -0.15) is 0 Å². The molecule has 1 aromatic carbocycles. The molecule has 1 fully saturated rings. The van der Waals surface area contributed by atoms with Crippen LogP contribution in [0.3, 0.4) is 0 Å². The van der Waals surface area contributed by atoms with Crippen molar-refractivity contribution in [3.8, 4) is 0 Å². The van der Waals surface area contributed by atoms with Crippen molar-refractivity contribution in [3.63, 3.8) is 0 Å². The molecule has 1 aliphatic carbocycles. The first-order valence-electron chi connectivity index (χ1n) is 7.38. The Kier molecular flexibility index (Phi) is 3.99. The van der Waals surface area contributed by atoms with E-state index in [2.05, 4.69) is 26.2 Å². The number of halogens is 2. The zero-order valence-corrected chi connectivity index (χ0v) is 15.2. The van der Waals surface area contributed by atoms with Crippen LogP contribution in [0.15, 0.2) is 27.7 Å². The van der Waals surface area contributed by atoms with Gasteiger partial charge in [-0.3, -0.25) is 10.3 Å². The van der Waals surface area contributed by atoms with Crippen molar-refractivity contribution in [1.29, 1.82) is 0 Å². The summed E-state index contributed by atoms with van der Waals surface area (Å²) >= 11 is 3.24. The summed E-state index contributed by atoms with van der Waals surface area (Å²) in [5.41, 5.74) is -1.29. The third kappa shape index (κ3) is 2.54.